The first-order valence-electron chi connectivity index (χ1n) is 8.11. The number of likely N-dealkylation sites (tertiary alicyclic amines) is 1. The third-order valence-corrected chi connectivity index (χ3v) is 4.50. The molecule has 7 heteroatoms. The SMILES string of the molecule is O=C(Cn1nccc1[N+](=O)[O-])N1CCC(Cc2ccccc2)CC1. The van der Waals surface area contributed by atoms with Gasteiger partial charge in [-0.25, -0.2) is 0 Å². The van der Waals surface area contributed by atoms with Crippen molar-refractivity contribution in [1.29, 1.82) is 0 Å². The Labute approximate surface area is 140 Å². The lowest BCUT2D eigenvalue weighted by Gasteiger charge is -2.31. The average molecular weight is 328 g/mol. The highest BCUT2D eigenvalue weighted by atomic mass is 16.6. The number of amides is 1. The first kappa shape index (κ1) is 16.2. The Balaban J connectivity index is 1.52. The van der Waals surface area contributed by atoms with Crippen LogP contribution in [0.2, 0.25) is 0 Å². The van der Waals surface area contributed by atoms with Crippen LogP contribution < -0.4 is 0 Å². The number of hydrogen-bond acceptors (Lipinski definition) is 4. The normalized spacial score (nSPS) is 15.4. The van der Waals surface area contributed by atoms with Crippen molar-refractivity contribution in [3.8, 4) is 0 Å². The molecule has 1 aromatic carbocycles. The Morgan fingerprint density at radius 2 is 1.92 bits per heavy atom. The van der Waals surface area contributed by atoms with E-state index in [1.165, 1.54) is 17.8 Å². The third-order valence-electron chi connectivity index (χ3n) is 4.50. The monoisotopic (exact) mass is 328 g/mol. The van der Waals surface area contributed by atoms with Crippen LogP contribution in [0.3, 0.4) is 0 Å². The van der Waals surface area contributed by atoms with E-state index in [-0.39, 0.29) is 18.3 Å². The third kappa shape index (κ3) is 3.79. The zero-order chi connectivity index (χ0) is 16.9. The Morgan fingerprint density at radius 1 is 1.21 bits per heavy atom. The predicted octanol–water partition coefficient (Wildman–Crippen LogP) is 2.27. The Bertz CT molecular complexity index is 706. The van der Waals surface area contributed by atoms with Gasteiger partial charge in [0.2, 0.25) is 0 Å². The van der Waals surface area contributed by atoms with Gasteiger partial charge >= 0.3 is 5.82 Å². The van der Waals surface area contributed by atoms with Crippen molar-refractivity contribution in [1.82, 2.24) is 14.7 Å². The van der Waals surface area contributed by atoms with Crippen LogP contribution in [-0.2, 0) is 17.8 Å². The number of carbonyl (C=O) groups is 1. The molecule has 0 radical (unpaired) electrons. The van der Waals surface area contributed by atoms with Gasteiger partial charge in [0.25, 0.3) is 5.91 Å². The highest BCUT2D eigenvalue weighted by Crippen LogP contribution is 2.22. The summed E-state index contributed by atoms with van der Waals surface area (Å²) in [7, 11) is 0. The van der Waals surface area contributed by atoms with Crippen LogP contribution in [0.5, 0.6) is 0 Å². The molecule has 0 aliphatic carbocycles. The minimum atomic E-state index is -0.521. The molecule has 1 aromatic heterocycles. The largest absolute Gasteiger partial charge is 0.358 e. The van der Waals surface area contributed by atoms with Gasteiger partial charge in [-0.05, 0) is 35.7 Å². The van der Waals surface area contributed by atoms with Crippen LogP contribution >= 0.6 is 0 Å². The summed E-state index contributed by atoms with van der Waals surface area (Å²) >= 11 is 0. The zero-order valence-electron chi connectivity index (χ0n) is 13.4. The van der Waals surface area contributed by atoms with Gasteiger partial charge in [-0.15, -0.1) is 4.68 Å². The minimum Gasteiger partial charge on any atom is -0.358 e. The molecule has 126 valence electrons. The van der Waals surface area contributed by atoms with Crippen molar-refractivity contribution in [2.24, 2.45) is 5.92 Å². The molecule has 1 aliphatic rings. The zero-order valence-corrected chi connectivity index (χ0v) is 13.4. The summed E-state index contributed by atoms with van der Waals surface area (Å²) in [5.74, 6) is 0.317. The van der Waals surface area contributed by atoms with E-state index in [4.69, 9.17) is 0 Å². The van der Waals surface area contributed by atoms with Crippen LogP contribution in [-0.4, -0.2) is 38.6 Å². The van der Waals surface area contributed by atoms with E-state index in [1.807, 2.05) is 18.2 Å². The molecule has 0 saturated carbocycles. The minimum absolute atomic E-state index is 0.0767. The molecule has 2 aromatic rings. The lowest BCUT2D eigenvalue weighted by Crippen LogP contribution is -2.40. The predicted molar refractivity (Wildman–Crippen MR) is 88.3 cm³/mol. The second-order valence-electron chi connectivity index (χ2n) is 6.12. The van der Waals surface area contributed by atoms with Crippen LogP contribution in [0.4, 0.5) is 5.82 Å². The lowest BCUT2D eigenvalue weighted by atomic mass is 9.90. The van der Waals surface area contributed by atoms with E-state index < -0.39 is 4.92 Å². The molecule has 0 atom stereocenters. The first-order chi connectivity index (χ1) is 11.6. The van der Waals surface area contributed by atoms with Gasteiger partial charge in [-0.1, -0.05) is 35.4 Å². The Kier molecular flexibility index (Phi) is 4.88. The van der Waals surface area contributed by atoms with Gasteiger partial charge in [0.1, 0.15) is 0 Å². The van der Waals surface area contributed by atoms with Gasteiger partial charge in [0.05, 0.1) is 12.3 Å². The number of aromatic nitrogens is 2. The molecular formula is C17H20N4O3. The van der Waals surface area contributed by atoms with E-state index in [2.05, 4.69) is 17.2 Å². The van der Waals surface area contributed by atoms with Crippen molar-refractivity contribution in [3.05, 3.63) is 58.3 Å². The van der Waals surface area contributed by atoms with Gasteiger partial charge in [-0.3, -0.25) is 4.79 Å². The number of hydrogen-bond donors (Lipinski definition) is 0. The summed E-state index contributed by atoms with van der Waals surface area (Å²) < 4.78 is 1.15. The Hall–Kier alpha value is -2.70. The van der Waals surface area contributed by atoms with Gasteiger partial charge < -0.3 is 15.0 Å². The summed E-state index contributed by atoms with van der Waals surface area (Å²) in [5, 5.41) is 14.7. The molecule has 24 heavy (non-hydrogen) atoms. The fraction of sp³-hybridized carbons (Fsp3) is 0.412. The molecule has 2 heterocycles. The summed E-state index contributed by atoms with van der Waals surface area (Å²) in [5.41, 5.74) is 1.33. The van der Waals surface area contributed by atoms with Gasteiger partial charge in [0, 0.05) is 13.1 Å². The van der Waals surface area contributed by atoms with E-state index in [1.54, 1.807) is 4.90 Å². The average Bonchev–Trinajstić information content (AvgIpc) is 3.05. The van der Waals surface area contributed by atoms with E-state index in [0.29, 0.717) is 19.0 Å². The molecule has 3 rings (SSSR count). The fourth-order valence-corrected chi connectivity index (χ4v) is 3.16. The smallest absolute Gasteiger partial charge is 0.345 e. The molecule has 1 amide bonds. The maximum Gasteiger partial charge on any atom is 0.345 e. The molecule has 0 N–H and O–H groups in total. The van der Waals surface area contributed by atoms with Gasteiger partial charge in [-0.2, -0.15) is 0 Å². The quantitative estimate of drug-likeness (QED) is 0.623. The van der Waals surface area contributed by atoms with Gasteiger partial charge in [0.15, 0.2) is 6.54 Å². The van der Waals surface area contributed by atoms with E-state index in [9.17, 15) is 14.9 Å². The van der Waals surface area contributed by atoms with Crippen molar-refractivity contribution in [3.63, 3.8) is 0 Å². The number of nitrogens with zero attached hydrogens (tertiary/aromatic N) is 4. The summed E-state index contributed by atoms with van der Waals surface area (Å²) in [6.07, 6.45) is 4.30. The van der Waals surface area contributed by atoms with Crippen molar-refractivity contribution in [2.75, 3.05) is 13.1 Å². The highest BCUT2D eigenvalue weighted by molar-refractivity contribution is 5.76. The lowest BCUT2D eigenvalue weighted by molar-refractivity contribution is -0.392. The van der Waals surface area contributed by atoms with Crippen LogP contribution in [0.25, 0.3) is 0 Å². The molecule has 0 bridgehead atoms. The maximum atomic E-state index is 12.3. The standard InChI is InChI=1S/C17H20N4O3/c22-17(13-20-16(21(23)24)6-9-18-20)19-10-7-15(8-11-19)12-14-4-2-1-3-5-14/h1-6,9,15H,7-8,10-13H2. The summed E-state index contributed by atoms with van der Waals surface area (Å²) in [6.45, 7) is 1.32. The van der Waals surface area contributed by atoms with Crippen molar-refractivity contribution in [2.45, 2.75) is 25.8 Å². The molecular weight excluding hydrogens is 308 g/mol. The molecule has 1 saturated heterocycles. The number of nitro groups is 1. The van der Waals surface area contributed by atoms with Crippen LogP contribution in [0.1, 0.15) is 18.4 Å². The molecule has 0 spiro atoms. The Morgan fingerprint density at radius 3 is 2.58 bits per heavy atom. The van der Waals surface area contributed by atoms with E-state index in [0.717, 1.165) is 23.9 Å². The molecule has 1 aliphatic heterocycles. The first-order valence-corrected chi connectivity index (χ1v) is 8.11. The topological polar surface area (TPSA) is 81.3 Å². The van der Waals surface area contributed by atoms with Crippen molar-refractivity contribution >= 4 is 11.7 Å². The summed E-state index contributed by atoms with van der Waals surface area (Å²) in [6, 6.07) is 11.7. The fourth-order valence-electron chi connectivity index (χ4n) is 3.16. The number of piperidine rings is 1. The number of benzene rings is 1. The van der Waals surface area contributed by atoms with Crippen LogP contribution in [0, 0.1) is 16.0 Å². The maximum absolute atomic E-state index is 12.3. The number of carbonyl (C=O) groups excluding carboxylic acids is 1. The second kappa shape index (κ2) is 7.25. The van der Waals surface area contributed by atoms with Crippen molar-refractivity contribution < 1.29 is 9.72 Å². The molecule has 0 unspecified atom stereocenters. The van der Waals surface area contributed by atoms with E-state index >= 15 is 0 Å². The summed E-state index contributed by atoms with van der Waals surface area (Å²) in [4.78, 5) is 24.5. The molecule has 1 fully saturated rings. The number of rotatable bonds is 5. The van der Waals surface area contributed by atoms with Crippen LogP contribution in [0.15, 0.2) is 42.6 Å². The second-order valence-corrected chi connectivity index (χ2v) is 6.12. The molecule has 7 nitrogen and oxygen atoms in total. The highest BCUT2D eigenvalue weighted by Gasteiger charge is 2.26.